The second-order valence-electron chi connectivity index (χ2n) is 4.94. The van der Waals surface area contributed by atoms with Crippen molar-refractivity contribution in [2.45, 2.75) is 20.8 Å². The molecule has 6 nitrogen and oxygen atoms in total. The predicted molar refractivity (Wildman–Crippen MR) is 84.0 cm³/mol. The van der Waals surface area contributed by atoms with Gasteiger partial charge in [0, 0.05) is 10.9 Å². The van der Waals surface area contributed by atoms with Crippen LogP contribution in [0.25, 0.3) is 11.6 Å². The zero-order valence-corrected chi connectivity index (χ0v) is 13.2. The molecule has 0 spiro atoms. The highest BCUT2D eigenvalue weighted by Crippen LogP contribution is 2.22. The number of carbonyl (C=O) groups is 1. The third-order valence-electron chi connectivity index (χ3n) is 3.12. The van der Waals surface area contributed by atoms with Gasteiger partial charge < -0.3 is 4.42 Å². The Balaban J connectivity index is 1.80. The maximum atomic E-state index is 12.3. The number of aryl methyl sites for hydroxylation is 3. The molecule has 0 saturated heterocycles. The Bertz CT molecular complexity index is 838. The summed E-state index contributed by atoms with van der Waals surface area (Å²) in [5, 5.41) is 13.1. The van der Waals surface area contributed by atoms with E-state index in [9.17, 15) is 4.79 Å². The highest BCUT2D eigenvalue weighted by Gasteiger charge is 2.15. The molecule has 2 aromatic heterocycles. The van der Waals surface area contributed by atoms with E-state index in [4.69, 9.17) is 4.42 Å². The lowest BCUT2D eigenvalue weighted by Gasteiger charge is -2.05. The van der Waals surface area contributed by atoms with Crippen LogP contribution in [0.3, 0.4) is 0 Å². The van der Waals surface area contributed by atoms with E-state index in [0.29, 0.717) is 17.1 Å². The summed E-state index contributed by atoms with van der Waals surface area (Å²) in [6.45, 7) is 5.71. The van der Waals surface area contributed by atoms with Crippen molar-refractivity contribution in [3.63, 3.8) is 0 Å². The number of carbonyl (C=O) groups excluding carboxylic acids is 1. The first-order valence-electron chi connectivity index (χ1n) is 6.67. The summed E-state index contributed by atoms with van der Waals surface area (Å²) in [5.74, 6) is 0.0199. The van der Waals surface area contributed by atoms with Crippen molar-refractivity contribution >= 4 is 23.3 Å². The van der Waals surface area contributed by atoms with Crippen molar-refractivity contribution in [2.24, 2.45) is 0 Å². The largest absolute Gasteiger partial charge is 0.401 e. The fourth-order valence-corrected chi connectivity index (χ4v) is 2.57. The maximum absolute atomic E-state index is 12.3. The van der Waals surface area contributed by atoms with Crippen LogP contribution in [0.5, 0.6) is 0 Å². The lowest BCUT2D eigenvalue weighted by Crippen LogP contribution is -2.13. The fourth-order valence-electron chi connectivity index (χ4n) is 1.98. The first-order valence-corrected chi connectivity index (χ1v) is 7.55. The lowest BCUT2D eigenvalue weighted by atomic mass is 10.1. The number of hydrogen-bond acceptors (Lipinski definition) is 6. The molecule has 3 rings (SSSR count). The topological polar surface area (TPSA) is 80.9 Å². The van der Waals surface area contributed by atoms with E-state index >= 15 is 0 Å². The van der Waals surface area contributed by atoms with Crippen LogP contribution in [0.2, 0.25) is 0 Å². The van der Waals surface area contributed by atoms with Gasteiger partial charge in [-0.25, -0.2) is 4.98 Å². The van der Waals surface area contributed by atoms with Gasteiger partial charge in [0.25, 0.3) is 11.8 Å². The molecule has 0 aliphatic rings. The van der Waals surface area contributed by atoms with Crippen molar-refractivity contribution in [1.29, 1.82) is 0 Å². The number of aromatic nitrogens is 3. The van der Waals surface area contributed by atoms with E-state index in [0.717, 1.165) is 16.1 Å². The quantitative estimate of drug-likeness (QED) is 0.801. The van der Waals surface area contributed by atoms with Crippen LogP contribution >= 0.6 is 11.3 Å². The first kappa shape index (κ1) is 14.4. The minimum Gasteiger partial charge on any atom is -0.401 e. The van der Waals surface area contributed by atoms with Gasteiger partial charge in [-0.1, -0.05) is 22.8 Å². The Morgan fingerprint density at radius 1 is 1.23 bits per heavy atom. The van der Waals surface area contributed by atoms with Crippen LogP contribution < -0.4 is 5.32 Å². The molecule has 112 valence electrons. The highest BCUT2D eigenvalue weighted by molar-refractivity contribution is 7.09. The minimum absolute atomic E-state index is 0.0616. The second-order valence-corrected chi connectivity index (χ2v) is 6.00. The van der Waals surface area contributed by atoms with E-state index in [1.54, 1.807) is 0 Å². The Hall–Kier alpha value is -2.54. The molecule has 2 heterocycles. The van der Waals surface area contributed by atoms with Crippen molar-refractivity contribution in [3.8, 4) is 11.6 Å². The van der Waals surface area contributed by atoms with Crippen LogP contribution in [-0.2, 0) is 0 Å². The normalized spacial score (nSPS) is 10.7. The van der Waals surface area contributed by atoms with Crippen LogP contribution in [0, 0.1) is 20.8 Å². The molecule has 0 saturated carbocycles. The minimum atomic E-state index is -0.272. The van der Waals surface area contributed by atoms with Gasteiger partial charge in [-0.05, 0) is 32.4 Å². The SMILES string of the molecule is Cc1ccc(C)c(C(=O)Nc2nnc(-c3csc(C)n3)o2)c1. The summed E-state index contributed by atoms with van der Waals surface area (Å²) in [6, 6.07) is 5.75. The number of benzene rings is 1. The molecule has 0 unspecified atom stereocenters. The zero-order valence-electron chi connectivity index (χ0n) is 12.4. The monoisotopic (exact) mass is 314 g/mol. The fraction of sp³-hybridized carbons (Fsp3) is 0.200. The third-order valence-corrected chi connectivity index (χ3v) is 3.89. The molecule has 0 aliphatic carbocycles. The van der Waals surface area contributed by atoms with Crippen molar-refractivity contribution in [2.75, 3.05) is 5.32 Å². The van der Waals surface area contributed by atoms with Crippen LogP contribution in [0.15, 0.2) is 28.0 Å². The van der Waals surface area contributed by atoms with Crippen LogP contribution in [0.4, 0.5) is 6.01 Å². The van der Waals surface area contributed by atoms with E-state index < -0.39 is 0 Å². The molecule has 0 aliphatic heterocycles. The van der Waals surface area contributed by atoms with E-state index in [1.165, 1.54) is 11.3 Å². The zero-order chi connectivity index (χ0) is 15.7. The second kappa shape index (κ2) is 5.69. The molecule has 1 N–H and O–H groups in total. The van der Waals surface area contributed by atoms with Gasteiger partial charge in [0.15, 0.2) is 0 Å². The smallest absolute Gasteiger partial charge is 0.322 e. The molecule has 7 heteroatoms. The number of amides is 1. The van der Waals surface area contributed by atoms with E-state index in [2.05, 4.69) is 20.5 Å². The molecular formula is C15H14N4O2S. The molecular weight excluding hydrogens is 300 g/mol. The Morgan fingerprint density at radius 3 is 2.77 bits per heavy atom. The van der Waals surface area contributed by atoms with Gasteiger partial charge in [0.2, 0.25) is 0 Å². The average Bonchev–Trinajstić information content (AvgIpc) is 3.10. The van der Waals surface area contributed by atoms with Crippen LogP contribution in [0.1, 0.15) is 26.5 Å². The summed E-state index contributed by atoms with van der Waals surface area (Å²) >= 11 is 1.50. The third kappa shape index (κ3) is 2.89. The number of hydrogen-bond donors (Lipinski definition) is 1. The molecule has 0 fully saturated rings. The molecule has 22 heavy (non-hydrogen) atoms. The van der Waals surface area contributed by atoms with Gasteiger partial charge >= 0.3 is 6.01 Å². The number of nitrogens with one attached hydrogen (secondary N) is 1. The Morgan fingerprint density at radius 2 is 2.05 bits per heavy atom. The van der Waals surface area contributed by atoms with Crippen molar-refractivity contribution in [1.82, 2.24) is 15.2 Å². The summed E-state index contributed by atoms with van der Waals surface area (Å²) in [7, 11) is 0. The Labute approximate surface area is 131 Å². The van der Waals surface area contributed by atoms with Gasteiger partial charge in [-0.3, -0.25) is 10.1 Å². The molecule has 3 aromatic rings. The summed E-state index contributed by atoms with van der Waals surface area (Å²) in [5.41, 5.74) is 3.10. The first-order chi connectivity index (χ1) is 10.5. The van der Waals surface area contributed by atoms with E-state index in [1.807, 2.05) is 44.4 Å². The number of anilines is 1. The molecule has 1 amide bonds. The standard InChI is InChI=1S/C15H14N4O2S/c1-8-4-5-9(2)11(6-8)13(20)17-15-19-18-14(21-15)12-7-22-10(3)16-12/h4-7H,1-3H3,(H,17,19,20). The average molecular weight is 314 g/mol. The maximum Gasteiger partial charge on any atom is 0.322 e. The molecule has 0 atom stereocenters. The van der Waals surface area contributed by atoms with Gasteiger partial charge in [-0.2, -0.15) is 0 Å². The molecule has 0 radical (unpaired) electrons. The summed E-state index contributed by atoms with van der Waals surface area (Å²) < 4.78 is 5.44. The van der Waals surface area contributed by atoms with Gasteiger partial charge in [0.1, 0.15) is 5.69 Å². The molecule has 1 aromatic carbocycles. The lowest BCUT2D eigenvalue weighted by molar-refractivity contribution is 0.102. The Kier molecular flexibility index (Phi) is 3.72. The predicted octanol–water partition coefficient (Wildman–Crippen LogP) is 3.37. The summed E-state index contributed by atoms with van der Waals surface area (Å²) in [6.07, 6.45) is 0. The van der Waals surface area contributed by atoms with E-state index in [-0.39, 0.29) is 11.9 Å². The summed E-state index contributed by atoms with van der Waals surface area (Å²) in [4.78, 5) is 16.6. The molecule has 0 bridgehead atoms. The van der Waals surface area contributed by atoms with Crippen molar-refractivity contribution in [3.05, 3.63) is 45.3 Å². The van der Waals surface area contributed by atoms with Gasteiger partial charge in [0.05, 0.1) is 5.01 Å². The van der Waals surface area contributed by atoms with Crippen molar-refractivity contribution < 1.29 is 9.21 Å². The number of rotatable bonds is 3. The highest BCUT2D eigenvalue weighted by atomic mass is 32.1. The number of nitrogens with zero attached hydrogens (tertiary/aromatic N) is 3. The van der Waals surface area contributed by atoms with Gasteiger partial charge in [-0.15, -0.1) is 16.4 Å². The van der Waals surface area contributed by atoms with Crippen LogP contribution in [-0.4, -0.2) is 21.1 Å². The number of thiazole rings is 1.